The number of methoxy groups -OCH3 is 1. The van der Waals surface area contributed by atoms with E-state index < -0.39 is 0 Å². The highest BCUT2D eigenvalue weighted by Gasteiger charge is 2.17. The number of amides is 1. The van der Waals surface area contributed by atoms with Gasteiger partial charge in [0.25, 0.3) is 0 Å². The van der Waals surface area contributed by atoms with Gasteiger partial charge in [-0.3, -0.25) is 9.36 Å². The Labute approximate surface area is 190 Å². The summed E-state index contributed by atoms with van der Waals surface area (Å²) < 4.78 is 7.14. The second-order valence-electron chi connectivity index (χ2n) is 6.51. The lowest BCUT2D eigenvalue weighted by molar-refractivity contribution is -0.128. The molecule has 0 fully saturated rings. The molecule has 0 aliphatic carbocycles. The van der Waals surface area contributed by atoms with Crippen molar-refractivity contribution < 1.29 is 9.53 Å². The quantitative estimate of drug-likeness (QED) is 0.437. The average Bonchev–Trinajstić information content (AvgIpc) is 3.13. The first-order valence-electron chi connectivity index (χ1n) is 9.33. The van der Waals surface area contributed by atoms with Gasteiger partial charge in [0.1, 0.15) is 11.6 Å². The number of hydrogen-bond donors (Lipinski definition) is 0. The Balaban J connectivity index is 1.69. The summed E-state index contributed by atoms with van der Waals surface area (Å²) in [5.41, 5.74) is 1.85. The first kappa shape index (κ1) is 22.5. The number of halogens is 2. The van der Waals surface area contributed by atoms with Gasteiger partial charge >= 0.3 is 0 Å². The third kappa shape index (κ3) is 5.28. The molecule has 0 spiro atoms. The average molecular weight is 465 g/mol. The van der Waals surface area contributed by atoms with Crippen molar-refractivity contribution in [3.05, 3.63) is 63.9 Å². The van der Waals surface area contributed by atoms with Crippen LogP contribution in [0.1, 0.15) is 18.3 Å². The fourth-order valence-electron chi connectivity index (χ4n) is 2.92. The van der Waals surface area contributed by atoms with Gasteiger partial charge in [-0.25, -0.2) is 0 Å². The third-order valence-electron chi connectivity index (χ3n) is 4.54. The molecule has 1 amide bonds. The Hall–Kier alpha value is -2.22. The molecule has 0 aliphatic heterocycles. The van der Waals surface area contributed by atoms with Crippen LogP contribution in [0.2, 0.25) is 10.0 Å². The molecule has 30 heavy (non-hydrogen) atoms. The summed E-state index contributed by atoms with van der Waals surface area (Å²) in [6.45, 7) is 4.89. The molecule has 0 aliphatic rings. The van der Waals surface area contributed by atoms with E-state index in [4.69, 9.17) is 27.9 Å². The standard InChI is InChI=1S/C21H22Cl2N4O2S/c1-4-26(12-15-5-10-18(22)19(23)11-15)20(28)13-30-21-25-24-14(2)27(21)16-6-8-17(29-3)9-7-16/h5-11H,4,12-13H2,1-3H3. The van der Waals surface area contributed by atoms with Crippen molar-refractivity contribution in [3.8, 4) is 11.4 Å². The number of hydrogen-bond acceptors (Lipinski definition) is 5. The molecule has 9 heteroatoms. The molecule has 0 atom stereocenters. The first-order chi connectivity index (χ1) is 14.4. The minimum absolute atomic E-state index is 0.00973. The number of thioether (sulfide) groups is 1. The van der Waals surface area contributed by atoms with Crippen molar-refractivity contribution in [2.24, 2.45) is 0 Å². The van der Waals surface area contributed by atoms with Crippen LogP contribution in [-0.2, 0) is 11.3 Å². The molecule has 0 saturated heterocycles. The highest BCUT2D eigenvalue weighted by atomic mass is 35.5. The Morgan fingerprint density at radius 1 is 1.13 bits per heavy atom. The maximum atomic E-state index is 12.8. The number of rotatable bonds is 8. The molecule has 1 aromatic heterocycles. The molecule has 1 heterocycles. The van der Waals surface area contributed by atoms with Gasteiger partial charge in [-0.1, -0.05) is 41.0 Å². The number of aryl methyl sites for hydroxylation is 1. The molecule has 2 aromatic carbocycles. The number of nitrogens with zero attached hydrogens (tertiary/aromatic N) is 4. The van der Waals surface area contributed by atoms with E-state index in [1.165, 1.54) is 11.8 Å². The Morgan fingerprint density at radius 2 is 1.87 bits per heavy atom. The normalized spacial score (nSPS) is 10.8. The van der Waals surface area contributed by atoms with Gasteiger partial charge in [0.15, 0.2) is 5.16 Å². The predicted octanol–water partition coefficient (Wildman–Crippen LogP) is 5.03. The van der Waals surface area contributed by atoms with E-state index in [1.54, 1.807) is 24.1 Å². The summed E-state index contributed by atoms with van der Waals surface area (Å²) in [5, 5.41) is 10.1. The van der Waals surface area contributed by atoms with Gasteiger partial charge in [0.2, 0.25) is 5.91 Å². The number of carbonyl (C=O) groups is 1. The molecule has 158 valence electrons. The first-order valence-corrected chi connectivity index (χ1v) is 11.1. The molecule has 3 aromatic rings. The van der Waals surface area contributed by atoms with Crippen LogP contribution >= 0.6 is 35.0 Å². The number of benzene rings is 2. The van der Waals surface area contributed by atoms with E-state index in [9.17, 15) is 4.79 Å². The van der Waals surface area contributed by atoms with Crippen LogP contribution in [0.15, 0.2) is 47.6 Å². The van der Waals surface area contributed by atoms with Crippen LogP contribution < -0.4 is 4.74 Å². The summed E-state index contributed by atoms with van der Waals surface area (Å²) in [4.78, 5) is 14.6. The molecular weight excluding hydrogens is 443 g/mol. The predicted molar refractivity (Wildman–Crippen MR) is 121 cm³/mol. The molecule has 0 bridgehead atoms. The molecule has 0 unspecified atom stereocenters. The molecule has 0 saturated carbocycles. The van der Waals surface area contributed by atoms with E-state index in [0.29, 0.717) is 28.3 Å². The van der Waals surface area contributed by atoms with Crippen molar-refractivity contribution in [2.75, 3.05) is 19.4 Å². The van der Waals surface area contributed by atoms with Crippen LogP contribution in [0.4, 0.5) is 0 Å². The smallest absolute Gasteiger partial charge is 0.233 e. The van der Waals surface area contributed by atoms with Crippen LogP contribution in [0.25, 0.3) is 5.69 Å². The lowest BCUT2D eigenvalue weighted by Crippen LogP contribution is -2.31. The van der Waals surface area contributed by atoms with Crippen molar-refractivity contribution in [1.82, 2.24) is 19.7 Å². The molecule has 0 radical (unpaired) electrons. The van der Waals surface area contributed by atoms with E-state index in [2.05, 4.69) is 10.2 Å². The Kier molecular flexibility index (Phi) is 7.64. The monoisotopic (exact) mass is 464 g/mol. The van der Waals surface area contributed by atoms with Crippen molar-refractivity contribution in [1.29, 1.82) is 0 Å². The van der Waals surface area contributed by atoms with Gasteiger partial charge in [0, 0.05) is 18.8 Å². The minimum atomic E-state index is 0.00973. The third-order valence-corrected chi connectivity index (χ3v) is 6.20. The summed E-state index contributed by atoms with van der Waals surface area (Å²) in [6, 6.07) is 13.0. The lowest BCUT2D eigenvalue weighted by Gasteiger charge is -2.21. The van der Waals surface area contributed by atoms with Crippen LogP contribution in [0.5, 0.6) is 5.75 Å². The number of carbonyl (C=O) groups excluding carboxylic acids is 1. The molecule has 0 N–H and O–H groups in total. The van der Waals surface area contributed by atoms with Gasteiger partial charge < -0.3 is 9.64 Å². The van der Waals surface area contributed by atoms with Crippen molar-refractivity contribution in [3.63, 3.8) is 0 Å². The van der Waals surface area contributed by atoms with Gasteiger partial charge in [-0.05, 0) is 55.8 Å². The van der Waals surface area contributed by atoms with E-state index in [-0.39, 0.29) is 11.7 Å². The van der Waals surface area contributed by atoms with Gasteiger partial charge in [0.05, 0.1) is 22.9 Å². The Morgan fingerprint density at radius 3 is 2.50 bits per heavy atom. The highest BCUT2D eigenvalue weighted by molar-refractivity contribution is 7.99. The fraction of sp³-hybridized carbons (Fsp3) is 0.286. The number of aromatic nitrogens is 3. The van der Waals surface area contributed by atoms with Gasteiger partial charge in [-0.2, -0.15) is 0 Å². The maximum Gasteiger partial charge on any atom is 0.233 e. The summed E-state index contributed by atoms with van der Waals surface area (Å²) in [7, 11) is 1.63. The zero-order valence-electron chi connectivity index (χ0n) is 16.9. The topological polar surface area (TPSA) is 60.2 Å². The minimum Gasteiger partial charge on any atom is -0.497 e. The molecule has 3 rings (SSSR count). The largest absolute Gasteiger partial charge is 0.497 e. The Bertz CT molecular complexity index is 1020. The summed E-state index contributed by atoms with van der Waals surface area (Å²) >= 11 is 13.4. The van der Waals surface area contributed by atoms with E-state index >= 15 is 0 Å². The lowest BCUT2D eigenvalue weighted by atomic mass is 10.2. The molecular formula is C21H22Cl2N4O2S. The molecule has 6 nitrogen and oxygen atoms in total. The zero-order chi connectivity index (χ0) is 21.7. The van der Waals surface area contributed by atoms with Crippen molar-refractivity contribution >= 4 is 40.9 Å². The summed E-state index contributed by atoms with van der Waals surface area (Å²) in [6.07, 6.45) is 0. The second-order valence-corrected chi connectivity index (χ2v) is 8.27. The van der Waals surface area contributed by atoms with Gasteiger partial charge in [-0.15, -0.1) is 10.2 Å². The maximum absolute atomic E-state index is 12.8. The highest BCUT2D eigenvalue weighted by Crippen LogP contribution is 2.25. The van der Waals surface area contributed by atoms with E-state index in [1.807, 2.05) is 48.7 Å². The van der Waals surface area contributed by atoms with E-state index in [0.717, 1.165) is 22.8 Å². The SMILES string of the molecule is CCN(Cc1ccc(Cl)c(Cl)c1)C(=O)CSc1nnc(C)n1-c1ccc(OC)cc1. The van der Waals surface area contributed by atoms with Crippen molar-refractivity contribution in [2.45, 2.75) is 25.5 Å². The second kappa shape index (κ2) is 10.2. The van der Waals surface area contributed by atoms with Crippen LogP contribution in [0.3, 0.4) is 0 Å². The van der Waals surface area contributed by atoms with Crippen LogP contribution in [-0.4, -0.2) is 45.0 Å². The van der Waals surface area contributed by atoms with Crippen LogP contribution in [0, 0.1) is 6.92 Å². The fourth-order valence-corrected chi connectivity index (χ4v) is 4.14. The number of ether oxygens (including phenoxy) is 1. The zero-order valence-corrected chi connectivity index (χ0v) is 19.3. The summed E-state index contributed by atoms with van der Waals surface area (Å²) in [5.74, 6) is 1.78.